The van der Waals surface area contributed by atoms with Crippen LogP contribution >= 0.6 is 0 Å². The molecular formula is C13H24N4OS. The fraction of sp³-hybridized carbons (Fsp3) is 0.692. The molecule has 6 heteroatoms. The number of nitrogens with one attached hydrogen (secondary N) is 2. The van der Waals surface area contributed by atoms with Crippen LogP contribution in [0.5, 0.6) is 0 Å². The summed E-state index contributed by atoms with van der Waals surface area (Å²) in [6.07, 6.45) is 5.25. The second kappa shape index (κ2) is 8.09. The monoisotopic (exact) mass is 284 g/mol. The second-order valence-corrected chi connectivity index (χ2v) is 6.32. The molecule has 0 amide bonds. The number of hydrogen-bond donors (Lipinski definition) is 2. The lowest BCUT2D eigenvalue weighted by atomic mass is 10.1. The summed E-state index contributed by atoms with van der Waals surface area (Å²) in [6, 6.07) is 0. The van der Waals surface area contributed by atoms with Crippen LogP contribution < -0.4 is 10.6 Å². The van der Waals surface area contributed by atoms with E-state index in [2.05, 4.69) is 27.5 Å². The van der Waals surface area contributed by atoms with E-state index < -0.39 is 10.8 Å². The van der Waals surface area contributed by atoms with E-state index in [1.807, 2.05) is 13.8 Å². The van der Waals surface area contributed by atoms with Gasteiger partial charge in [0.25, 0.3) is 0 Å². The minimum absolute atomic E-state index is 0.104. The summed E-state index contributed by atoms with van der Waals surface area (Å²) < 4.78 is 11.4. The highest BCUT2D eigenvalue weighted by molar-refractivity contribution is 7.84. The molecule has 5 nitrogen and oxygen atoms in total. The molecule has 1 heterocycles. The topological polar surface area (TPSA) is 66.9 Å². The Balaban J connectivity index is 2.86. The van der Waals surface area contributed by atoms with Crippen LogP contribution in [-0.2, 0) is 17.2 Å². The minimum atomic E-state index is -0.825. The van der Waals surface area contributed by atoms with Crippen molar-refractivity contribution in [2.24, 2.45) is 0 Å². The summed E-state index contributed by atoms with van der Waals surface area (Å²) >= 11 is 0. The van der Waals surface area contributed by atoms with Gasteiger partial charge in [-0.2, -0.15) is 0 Å². The van der Waals surface area contributed by atoms with E-state index in [1.165, 1.54) is 0 Å². The fourth-order valence-corrected chi connectivity index (χ4v) is 2.05. The average Bonchev–Trinajstić information content (AvgIpc) is 2.39. The van der Waals surface area contributed by atoms with Gasteiger partial charge in [0, 0.05) is 41.0 Å². The van der Waals surface area contributed by atoms with Crippen molar-refractivity contribution < 1.29 is 4.21 Å². The smallest absolute Gasteiger partial charge is 0.134 e. The van der Waals surface area contributed by atoms with Crippen molar-refractivity contribution in [3.8, 4) is 0 Å². The average molecular weight is 284 g/mol. The van der Waals surface area contributed by atoms with Gasteiger partial charge in [0.2, 0.25) is 0 Å². The lowest BCUT2D eigenvalue weighted by molar-refractivity contribution is 0.678. The molecule has 1 aromatic rings. The molecule has 0 aliphatic rings. The Kier molecular flexibility index (Phi) is 6.77. The first kappa shape index (κ1) is 15.9. The van der Waals surface area contributed by atoms with Gasteiger partial charge in [-0.3, -0.25) is 4.21 Å². The first-order valence-corrected chi connectivity index (χ1v) is 8.36. The highest BCUT2D eigenvalue weighted by atomic mass is 32.2. The molecule has 108 valence electrons. The van der Waals surface area contributed by atoms with Gasteiger partial charge in [0.1, 0.15) is 18.0 Å². The van der Waals surface area contributed by atoms with Gasteiger partial charge in [-0.1, -0.05) is 13.3 Å². The zero-order chi connectivity index (χ0) is 14.3. The zero-order valence-corrected chi connectivity index (χ0v) is 13.0. The van der Waals surface area contributed by atoms with E-state index in [0.717, 1.165) is 36.6 Å². The molecule has 0 aromatic carbocycles. The van der Waals surface area contributed by atoms with Crippen molar-refractivity contribution in [3.05, 3.63) is 11.9 Å². The lowest BCUT2D eigenvalue weighted by Gasteiger charge is -2.16. The SMILES string of the molecule is CCCc1c(NCC)ncnc1NCC(C)S(C)=O. The number of anilines is 2. The molecule has 0 radical (unpaired) electrons. The summed E-state index contributed by atoms with van der Waals surface area (Å²) in [5.41, 5.74) is 1.11. The van der Waals surface area contributed by atoms with Crippen molar-refractivity contribution in [2.45, 2.75) is 38.9 Å². The Labute approximate surface area is 118 Å². The minimum Gasteiger partial charge on any atom is -0.370 e. The van der Waals surface area contributed by atoms with Crippen LogP contribution in [0, 0.1) is 0 Å². The molecule has 0 fully saturated rings. The normalized spacial score (nSPS) is 13.9. The van der Waals surface area contributed by atoms with Crippen LogP contribution in [0.3, 0.4) is 0 Å². The third-order valence-electron chi connectivity index (χ3n) is 2.91. The third kappa shape index (κ3) is 4.78. The maximum Gasteiger partial charge on any atom is 0.134 e. The number of nitrogens with zero attached hydrogens (tertiary/aromatic N) is 2. The van der Waals surface area contributed by atoms with Gasteiger partial charge in [-0.15, -0.1) is 0 Å². The predicted octanol–water partition coefficient (Wildman–Crippen LogP) is 2.04. The molecule has 1 aromatic heterocycles. The molecule has 0 spiro atoms. The summed E-state index contributed by atoms with van der Waals surface area (Å²) in [4.78, 5) is 8.60. The third-order valence-corrected chi connectivity index (χ3v) is 4.21. The number of aromatic nitrogens is 2. The zero-order valence-electron chi connectivity index (χ0n) is 12.2. The summed E-state index contributed by atoms with van der Waals surface area (Å²) in [5, 5.41) is 6.66. The first-order chi connectivity index (χ1) is 9.10. The van der Waals surface area contributed by atoms with E-state index in [1.54, 1.807) is 12.6 Å². The van der Waals surface area contributed by atoms with Gasteiger partial charge in [-0.05, 0) is 20.3 Å². The largest absolute Gasteiger partial charge is 0.370 e. The standard InChI is InChI=1S/C13H24N4OS/c1-5-7-11-12(14-6-2)16-9-17-13(11)15-8-10(3)19(4)18/h9-10H,5-8H2,1-4H3,(H2,14,15,16,17). The molecule has 0 saturated heterocycles. The van der Waals surface area contributed by atoms with Gasteiger partial charge in [0.05, 0.1) is 0 Å². The molecule has 0 saturated carbocycles. The maximum absolute atomic E-state index is 11.4. The van der Waals surface area contributed by atoms with Crippen LogP contribution in [-0.4, -0.2) is 38.8 Å². The van der Waals surface area contributed by atoms with Gasteiger partial charge in [-0.25, -0.2) is 9.97 Å². The van der Waals surface area contributed by atoms with Crippen LogP contribution in [0.25, 0.3) is 0 Å². The van der Waals surface area contributed by atoms with Gasteiger partial charge in [0.15, 0.2) is 0 Å². The molecule has 0 aliphatic carbocycles. The molecule has 2 atom stereocenters. The van der Waals surface area contributed by atoms with Crippen LogP contribution in [0.1, 0.15) is 32.8 Å². The molecule has 2 N–H and O–H groups in total. The van der Waals surface area contributed by atoms with Crippen LogP contribution in [0.2, 0.25) is 0 Å². The lowest BCUT2D eigenvalue weighted by Crippen LogP contribution is -2.22. The van der Waals surface area contributed by atoms with Crippen molar-refractivity contribution >= 4 is 22.4 Å². The molecule has 0 bridgehead atoms. The highest BCUT2D eigenvalue weighted by Gasteiger charge is 2.12. The van der Waals surface area contributed by atoms with E-state index in [-0.39, 0.29) is 5.25 Å². The Hall–Kier alpha value is -1.17. The molecular weight excluding hydrogens is 260 g/mol. The Morgan fingerprint density at radius 1 is 1.26 bits per heavy atom. The highest BCUT2D eigenvalue weighted by Crippen LogP contribution is 2.21. The molecule has 19 heavy (non-hydrogen) atoms. The van der Waals surface area contributed by atoms with E-state index in [4.69, 9.17) is 0 Å². The molecule has 1 rings (SSSR count). The molecule has 2 unspecified atom stereocenters. The maximum atomic E-state index is 11.4. The predicted molar refractivity (Wildman–Crippen MR) is 82.2 cm³/mol. The number of hydrogen-bond acceptors (Lipinski definition) is 5. The quantitative estimate of drug-likeness (QED) is 0.764. The van der Waals surface area contributed by atoms with Crippen LogP contribution in [0.15, 0.2) is 6.33 Å². The van der Waals surface area contributed by atoms with Crippen molar-refractivity contribution in [2.75, 3.05) is 30.0 Å². The van der Waals surface area contributed by atoms with Crippen molar-refractivity contribution in [3.63, 3.8) is 0 Å². The van der Waals surface area contributed by atoms with Crippen molar-refractivity contribution in [1.82, 2.24) is 9.97 Å². The van der Waals surface area contributed by atoms with Gasteiger partial charge >= 0.3 is 0 Å². The van der Waals surface area contributed by atoms with Gasteiger partial charge < -0.3 is 10.6 Å². The Bertz CT molecular complexity index is 425. The summed E-state index contributed by atoms with van der Waals surface area (Å²) in [7, 11) is -0.825. The Morgan fingerprint density at radius 3 is 2.42 bits per heavy atom. The molecule has 0 aliphatic heterocycles. The van der Waals surface area contributed by atoms with Crippen molar-refractivity contribution in [1.29, 1.82) is 0 Å². The van der Waals surface area contributed by atoms with E-state index >= 15 is 0 Å². The summed E-state index contributed by atoms with van der Waals surface area (Å²) in [5.74, 6) is 1.75. The number of rotatable bonds is 8. The Morgan fingerprint density at radius 2 is 1.89 bits per heavy atom. The second-order valence-electron chi connectivity index (χ2n) is 4.52. The fourth-order valence-electron chi connectivity index (χ4n) is 1.73. The van der Waals surface area contributed by atoms with Crippen LogP contribution in [0.4, 0.5) is 11.6 Å². The summed E-state index contributed by atoms with van der Waals surface area (Å²) in [6.45, 7) is 7.64. The van der Waals surface area contributed by atoms with E-state index in [0.29, 0.717) is 6.54 Å². The first-order valence-electron chi connectivity index (χ1n) is 6.73. The van der Waals surface area contributed by atoms with E-state index in [9.17, 15) is 4.21 Å².